The van der Waals surface area contributed by atoms with E-state index in [4.69, 9.17) is 0 Å². The molecule has 0 unspecified atom stereocenters. The van der Waals surface area contributed by atoms with E-state index in [1.54, 1.807) is 6.07 Å². The summed E-state index contributed by atoms with van der Waals surface area (Å²) in [5.41, 5.74) is 2.47. The number of carbonyl (C=O) groups is 1. The third kappa shape index (κ3) is 4.19. The average molecular weight is 315 g/mol. The van der Waals surface area contributed by atoms with E-state index in [1.807, 2.05) is 40.7 Å². The van der Waals surface area contributed by atoms with Gasteiger partial charge in [0.25, 0.3) is 0 Å². The molecule has 1 saturated carbocycles. The van der Waals surface area contributed by atoms with Crippen molar-refractivity contribution in [2.75, 3.05) is 0 Å². The third-order valence-corrected chi connectivity index (χ3v) is 4.26. The molecule has 3 heteroatoms. The van der Waals surface area contributed by atoms with E-state index in [0.717, 1.165) is 24.0 Å². The minimum atomic E-state index is -0.439. The second kappa shape index (κ2) is 6.43. The van der Waals surface area contributed by atoms with Gasteiger partial charge in [0.05, 0.1) is 5.56 Å². The zero-order valence-electron chi connectivity index (χ0n) is 14.8. The zero-order chi connectivity index (χ0) is 17.4. The van der Waals surface area contributed by atoms with Gasteiger partial charge in [-0.15, -0.1) is 0 Å². The van der Waals surface area contributed by atoms with Crippen molar-refractivity contribution >= 4 is 5.78 Å². The topological polar surface area (TPSA) is 40.9 Å². The van der Waals surface area contributed by atoms with Crippen LogP contribution in [0.15, 0.2) is 6.07 Å². The Balaban J connectivity index is 2.49. The predicted molar refractivity (Wildman–Crippen MR) is 90.0 cm³/mol. The van der Waals surface area contributed by atoms with Crippen molar-refractivity contribution in [1.29, 1.82) is 5.26 Å². The number of rotatable bonds is 5. The van der Waals surface area contributed by atoms with Crippen LogP contribution in [0.4, 0.5) is 4.39 Å². The van der Waals surface area contributed by atoms with E-state index in [2.05, 4.69) is 0 Å². The molecule has 2 rings (SSSR count). The van der Waals surface area contributed by atoms with Crippen LogP contribution in [-0.4, -0.2) is 5.78 Å². The summed E-state index contributed by atoms with van der Waals surface area (Å²) in [6, 6.07) is 3.65. The lowest BCUT2D eigenvalue weighted by molar-refractivity contribution is -0.120. The van der Waals surface area contributed by atoms with Crippen LogP contribution in [0.5, 0.6) is 0 Å². The molecule has 0 atom stereocenters. The summed E-state index contributed by atoms with van der Waals surface area (Å²) in [4.78, 5) is 12.5. The van der Waals surface area contributed by atoms with E-state index in [-0.39, 0.29) is 29.1 Å². The number of carbonyl (C=O) groups excluding carboxylic acids is 1. The predicted octanol–water partition coefficient (Wildman–Crippen LogP) is 5.25. The molecule has 0 heterocycles. The summed E-state index contributed by atoms with van der Waals surface area (Å²) in [6.07, 6.45) is 2.89. The lowest BCUT2D eigenvalue weighted by atomic mass is 9.83. The molecular weight excluding hydrogens is 289 g/mol. The summed E-state index contributed by atoms with van der Waals surface area (Å²) < 4.78 is 14.7. The monoisotopic (exact) mass is 315 g/mol. The van der Waals surface area contributed by atoms with Crippen molar-refractivity contribution in [2.24, 2.45) is 5.41 Å². The van der Waals surface area contributed by atoms with Crippen molar-refractivity contribution in [2.45, 2.75) is 72.1 Å². The molecule has 1 aliphatic rings. The molecule has 0 aromatic heterocycles. The van der Waals surface area contributed by atoms with Gasteiger partial charge in [-0.3, -0.25) is 4.79 Å². The van der Waals surface area contributed by atoms with Gasteiger partial charge in [-0.25, -0.2) is 4.39 Å². The van der Waals surface area contributed by atoms with Crippen LogP contribution in [0.1, 0.15) is 88.0 Å². The molecule has 1 aliphatic carbocycles. The SMILES string of the molecule is CC(C)c1c(F)c(C#N)cc(C2CC2)c1CC(=O)CC(C)(C)C. The van der Waals surface area contributed by atoms with Crippen molar-refractivity contribution in [3.8, 4) is 6.07 Å². The maximum absolute atomic E-state index is 14.7. The first-order valence-corrected chi connectivity index (χ1v) is 8.41. The first kappa shape index (κ1) is 17.7. The molecule has 2 nitrogen and oxygen atoms in total. The second-order valence-electron chi connectivity index (χ2n) is 8.21. The highest BCUT2D eigenvalue weighted by Gasteiger charge is 2.31. The molecule has 0 radical (unpaired) electrons. The summed E-state index contributed by atoms with van der Waals surface area (Å²) in [7, 11) is 0. The van der Waals surface area contributed by atoms with Crippen molar-refractivity contribution in [1.82, 2.24) is 0 Å². The van der Waals surface area contributed by atoms with Gasteiger partial charge >= 0.3 is 0 Å². The minimum absolute atomic E-state index is 0.0433. The van der Waals surface area contributed by atoms with Crippen LogP contribution in [0.3, 0.4) is 0 Å². The largest absolute Gasteiger partial charge is 0.299 e. The first-order chi connectivity index (χ1) is 10.6. The Morgan fingerprint density at radius 1 is 1.39 bits per heavy atom. The number of halogens is 1. The van der Waals surface area contributed by atoms with E-state index in [9.17, 15) is 14.4 Å². The van der Waals surface area contributed by atoms with Gasteiger partial charge in [0.2, 0.25) is 0 Å². The molecule has 0 spiro atoms. The maximum Gasteiger partial charge on any atom is 0.144 e. The molecular formula is C20H26FNO. The Morgan fingerprint density at radius 3 is 2.43 bits per heavy atom. The van der Waals surface area contributed by atoms with Crippen LogP contribution < -0.4 is 0 Å². The fourth-order valence-corrected chi connectivity index (χ4v) is 3.23. The molecule has 0 bridgehead atoms. The van der Waals surface area contributed by atoms with Crippen LogP contribution in [0.25, 0.3) is 0 Å². The van der Waals surface area contributed by atoms with E-state index >= 15 is 0 Å². The Labute approximate surface area is 138 Å². The highest BCUT2D eigenvalue weighted by atomic mass is 19.1. The lowest BCUT2D eigenvalue weighted by Gasteiger charge is -2.21. The second-order valence-corrected chi connectivity index (χ2v) is 8.21. The summed E-state index contributed by atoms with van der Waals surface area (Å²) in [6.45, 7) is 9.96. The smallest absolute Gasteiger partial charge is 0.144 e. The number of ketones is 1. The third-order valence-electron chi connectivity index (χ3n) is 4.26. The molecule has 1 fully saturated rings. The number of benzene rings is 1. The first-order valence-electron chi connectivity index (χ1n) is 8.41. The summed E-state index contributed by atoms with van der Waals surface area (Å²) in [5.74, 6) is 0.0479. The van der Waals surface area contributed by atoms with E-state index in [1.165, 1.54) is 0 Å². The summed E-state index contributed by atoms with van der Waals surface area (Å²) in [5, 5.41) is 9.22. The fraction of sp³-hybridized carbons (Fsp3) is 0.600. The van der Waals surface area contributed by atoms with Crippen LogP contribution in [0.2, 0.25) is 0 Å². The average Bonchev–Trinajstić information content (AvgIpc) is 3.20. The normalized spacial score (nSPS) is 14.9. The van der Waals surface area contributed by atoms with Crippen molar-refractivity contribution in [3.63, 3.8) is 0 Å². The van der Waals surface area contributed by atoms with Gasteiger partial charge in [0.15, 0.2) is 0 Å². The Bertz CT molecular complexity index is 658. The van der Waals surface area contributed by atoms with E-state index in [0.29, 0.717) is 17.9 Å². The van der Waals surface area contributed by atoms with Crippen LogP contribution >= 0.6 is 0 Å². The number of hydrogen-bond acceptors (Lipinski definition) is 2. The fourth-order valence-electron chi connectivity index (χ4n) is 3.23. The van der Waals surface area contributed by atoms with Gasteiger partial charge in [0, 0.05) is 12.8 Å². The minimum Gasteiger partial charge on any atom is -0.299 e. The number of nitriles is 1. The van der Waals surface area contributed by atoms with Crippen LogP contribution in [0, 0.1) is 22.6 Å². The van der Waals surface area contributed by atoms with Gasteiger partial charge in [-0.2, -0.15) is 5.26 Å². The Kier molecular flexibility index (Phi) is 4.94. The van der Waals surface area contributed by atoms with Gasteiger partial charge in [-0.1, -0.05) is 34.6 Å². The Hall–Kier alpha value is -1.69. The number of Topliss-reactive ketones (excluding diaryl/α,β-unsaturated/α-hetero) is 1. The van der Waals surface area contributed by atoms with Gasteiger partial charge in [-0.05, 0) is 52.8 Å². The van der Waals surface area contributed by atoms with Gasteiger partial charge < -0.3 is 0 Å². The quantitative estimate of drug-likeness (QED) is 0.745. The molecule has 23 heavy (non-hydrogen) atoms. The van der Waals surface area contributed by atoms with Crippen molar-refractivity contribution in [3.05, 3.63) is 34.1 Å². The molecule has 124 valence electrons. The molecule has 1 aromatic carbocycles. The molecule has 1 aromatic rings. The van der Waals surface area contributed by atoms with Crippen LogP contribution in [-0.2, 0) is 11.2 Å². The molecule has 0 N–H and O–H groups in total. The highest BCUT2D eigenvalue weighted by molar-refractivity contribution is 5.82. The number of nitrogens with zero attached hydrogens (tertiary/aromatic N) is 1. The molecule has 0 aliphatic heterocycles. The standard InChI is InChI=1S/C20H26FNO/c1-12(2)18-17(9-15(23)10-20(3,4)5)16(13-6-7-13)8-14(11-22)19(18)21/h8,12-13H,6-7,9-10H2,1-5H3. The Morgan fingerprint density at radius 2 is 2.00 bits per heavy atom. The zero-order valence-corrected chi connectivity index (χ0v) is 14.8. The van der Waals surface area contributed by atoms with Crippen molar-refractivity contribution < 1.29 is 9.18 Å². The van der Waals surface area contributed by atoms with E-state index < -0.39 is 5.82 Å². The molecule has 0 saturated heterocycles. The molecule has 0 amide bonds. The lowest BCUT2D eigenvalue weighted by Crippen LogP contribution is -2.17. The highest BCUT2D eigenvalue weighted by Crippen LogP contribution is 2.45. The van der Waals surface area contributed by atoms with Gasteiger partial charge in [0.1, 0.15) is 17.7 Å². The number of hydrogen-bond donors (Lipinski definition) is 0. The summed E-state index contributed by atoms with van der Waals surface area (Å²) >= 11 is 0. The maximum atomic E-state index is 14.7.